The zero-order chi connectivity index (χ0) is 22.5. The fourth-order valence-corrected chi connectivity index (χ4v) is 5.26. The molecule has 1 aliphatic carbocycles. The molecule has 0 aromatic heterocycles. The second kappa shape index (κ2) is 13.9. The van der Waals surface area contributed by atoms with E-state index in [0.29, 0.717) is 32.1 Å². The Bertz CT molecular complexity index is 539. The third kappa shape index (κ3) is 7.42. The summed E-state index contributed by atoms with van der Waals surface area (Å²) in [5.41, 5.74) is -2.34. The Balaban J connectivity index is 2.37. The lowest BCUT2D eigenvalue weighted by molar-refractivity contribution is -0.177. The highest BCUT2D eigenvalue weighted by Gasteiger charge is 2.60. The van der Waals surface area contributed by atoms with E-state index in [1.54, 1.807) is 0 Å². The van der Waals surface area contributed by atoms with Crippen LogP contribution in [-0.2, 0) is 9.59 Å². The van der Waals surface area contributed by atoms with Gasteiger partial charge in [0.05, 0.1) is 10.8 Å². The van der Waals surface area contributed by atoms with Gasteiger partial charge in [-0.25, -0.2) is 0 Å². The van der Waals surface area contributed by atoms with Crippen LogP contribution in [0.3, 0.4) is 0 Å². The van der Waals surface area contributed by atoms with E-state index in [2.05, 4.69) is 13.8 Å². The molecule has 0 aliphatic heterocycles. The SMILES string of the molecule is CCCC1(C(=O)O)CC=CCC1(CCCCCCCCCCCCC(C)C)C(=O)O. The number of hydrogen-bond donors (Lipinski definition) is 2. The molecular formula is C26H46O4. The van der Waals surface area contributed by atoms with Gasteiger partial charge < -0.3 is 10.2 Å². The lowest BCUT2D eigenvalue weighted by Gasteiger charge is -2.46. The number of carboxylic acids is 2. The van der Waals surface area contributed by atoms with E-state index in [1.807, 2.05) is 19.1 Å². The molecule has 0 aromatic carbocycles. The molecule has 0 aromatic rings. The van der Waals surface area contributed by atoms with Crippen LogP contribution in [0.5, 0.6) is 0 Å². The summed E-state index contributed by atoms with van der Waals surface area (Å²) < 4.78 is 0. The third-order valence-electron chi connectivity index (χ3n) is 7.15. The van der Waals surface area contributed by atoms with Gasteiger partial charge in [-0.2, -0.15) is 0 Å². The molecule has 4 heteroatoms. The fourth-order valence-electron chi connectivity index (χ4n) is 5.26. The molecule has 0 heterocycles. The van der Waals surface area contributed by atoms with E-state index in [0.717, 1.165) is 25.2 Å². The minimum absolute atomic E-state index is 0.333. The summed E-state index contributed by atoms with van der Waals surface area (Å²) in [5, 5.41) is 20.1. The Kier molecular flexibility index (Phi) is 12.4. The molecule has 2 N–H and O–H groups in total. The standard InChI is InChI=1S/C26H46O4/c1-4-18-25(23(27)28)20-15-16-21-26(25,24(29)30)19-14-12-10-8-6-5-7-9-11-13-17-22(2)3/h15-16,22H,4-14,17-21H2,1-3H3,(H,27,28)(H,29,30). The van der Waals surface area contributed by atoms with Crippen LogP contribution >= 0.6 is 0 Å². The largest absolute Gasteiger partial charge is 0.481 e. The van der Waals surface area contributed by atoms with Crippen molar-refractivity contribution >= 4 is 11.9 Å². The van der Waals surface area contributed by atoms with Crippen molar-refractivity contribution < 1.29 is 19.8 Å². The van der Waals surface area contributed by atoms with Gasteiger partial charge in [0.1, 0.15) is 0 Å². The minimum atomic E-state index is -1.17. The van der Waals surface area contributed by atoms with E-state index in [9.17, 15) is 19.8 Å². The highest BCUT2D eigenvalue weighted by Crippen LogP contribution is 2.54. The van der Waals surface area contributed by atoms with Gasteiger partial charge in [-0.05, 0) is 31.6 Å². The third-order valence-corrected chi connectivity index (χ3v) is 7.15. The first kappa shape index (κ1) is 26.7. The quantitative estimate of drug-likeness (QED) is 0.187. The van der Waals surface area contributed by atoms with E-state index >= 15 is 0 Å². The molecule has 2 unspecified atom stereocenters. The van der Waals surface area contributed by atoms with Gasteiger partial charge in [0, 0.05) is 0 Å². The molecule has 0 spiro atoms. The molecule has 0 saturated heterocycles. The average molecular weight is 423 g/mol. The van der Waals surface area contributed by atoms with E-state index in [1.165, 1.54) is 51.4 Å². The van der Waals surface area contributed by atoms with E-state index in [-0.39, 0.29) is 0 Å². The summed E-state index contributed by atoms with van der Waals surface area (Å²) >= 11 is 0. The average Bonchev–Trinajstić information content (AvgIpc) is 2.69. The van der Waals surface area contributed by atoms with Crippen LogP contribution in [0, 0.1) is 16.7 Å². The van der Waals surface area contributed by atoms with Crippen molar-refractivity contribution in [2.45, 2.75) is 124 Å². The Labute approximate surface area is 184 Å². The molecule has 2 atom stereocenters. The molecule has 4 nitrogen and oxygen atoms in total. The summed E-state index contributed by atoms with van der Waals surface area (Å²) in [6.07, 6.45) is 19.4. The lowest BCUT2D eigenvalue weighted by atomic mass is 9.54. The number of unbranched alkanes of at least 4 members (excludes halogenated alkanes) is 9. The molecule has 0 fully saturated rings. The molecule has 0 radical (unpaired) electrons. The van der Waals surface area contributed by atoms with Gasteiger partial charge in [-0.1, -0.05) is 110 Å². The second-order valence-corrected chi connectivity index (χ2v) is 9.87. The summed E-state index contributed by atoms with van der Waals surface area (Å²) in [7, 11) is 0. The van der Waals surface area contributed by atoms with Crippen molar-refractivity contribution in [1.82, 2.24) is 0 Å². The van der Waals surface area contributed by atoms with E-state index in [4.69, 9.17) is 0 Å². The van der Waals surface area contributed by atoms with Crippen LogP contribution in [0.1, 0.15) is 124 Å². The highest BCUT2D eigenvalue weighted by molar-refractivity contribution is 5.87. The summed E-state index contributed by atoms with van der Waals surface area (Å²) in [5.74, 6) is -1.05. The minimum Gasteiger partial charge on any atom is -0.481 e. The number of carbonyl (C=O) groups is 2. The van der Waals surface area contributed by atoms with Crippen molar-refractivity contribution in [2.75, 3.05) is 0 Å². The highest BCUT2D eigenvalue weighted by atomic mass is 16.4. The Morgan fingerprint density at radius 3 is 1.53 bits per heavy atom. The van der Waals surface area contributed by atoms with Gasteiger partial charge >= 0.3 is 11.9 Å². The van der Waals surface area contributed by atoms with Crippen LogP contribution in [-0.4, -0.2) is 22.2 Å². The van der Waals surface area contributed by atoms with Crippen LogP contribution < -0.4 is 0 Å². The first-order valence-corrected chi connectivity index (χ1v) is 12.4. The first-order chi connectivity index (χ1) is 14.3. The smallest absolute Gasteiger partial charge is 0.311 e. The fraction of sp³-hybridized carbons (Fsp3) is 0.846. The van der Waals surface area contributed by atoms with Crippen LogP contribution in [0.4, 0.5) is 0 Å². The Morgan fingerprint density at radius 2 is 1.13 bits per heavy atom. The first-order valence-electron chi connectivity index (χ1n) is 12.4. The van der Waals surface area contributed by atoms with Crippen molar-refractivity contribution in [2.24, 2.45) is 16.7 Å². The van der Waals surface area contributed by atoms with Gasteiger partial charge in [0.15, 0.2) is 0 Å². The molecule has 0 amide bonds. The summed E-state index contributed by atoms with van der Waals surface area (Å²) in [6.45, 7) is 6.52. The number of carboxylic acid groups (broad SMARTS) is 2. The maximum Gasteiger partial charge on any atom is 0.311 e. The zero-order valence-corrected chi connectivity index (χ0v) is 19.8. The maximum atomic E-state index is 12.3. The summed E-state index contributed by atoms with van der Waals surface area (Å²) in [4.78, 5) is 24.5. The Morgan fingerprint density at radius 1 is 0.733 bits per heavy atom. The van der Waals surface area contributed by atoms with Crippen molar-refractivity contribution in [3.05, 3.63) is 12.2 Å². The van der Waals surface area contributed by atoms with Crippen molar-refractivity contribution in [1.29, 1.82) is 0 Å². The predicted molar refractivity (Wildman–Crippen MR) is 124 cm³/mol. The number of allylic oxidation sites excluding steroid dienone is 2. The second-order valence-electron chi connectivity index (χ2n) is 9.87. The molecule has 30 heavy (non-hydrogen) atoms. The molecular weight excluding hydrogens is 376 g/mol. The molecule has 174 valence electrons. The molecule has 0 bridgehead atoms. The monoisotopic (exact) mass is 422 g/mol. The molecule has 1 aliphatic rings. The van der Waals surface area contributed by atoms with E-state index < -0.39 is 22.8 Å². The number of hydrogen-bond acceptors (Lipinski definition) is 2. The van der Waals surface area contributed by atoms with Crippen molar-refractivity contribution in [3.63, 3.8) is 0 Å². The number of rotatable bonds is 17. The normalized spacial score (nSPS) is 23.7. The van der Waals surface area contributed by atoms with Crippen LogP contribution in [0.15, 0.2) is 12.2 Å². The maximum absolute atomic E-state index is 12.3. The van der Waals surface area contributed by atoms with Gasteiger partial charge in [0.25, 0.3) is 0 Å². The van der Waals surface area contributed by atoms with Gasteiger partial charge in [-0.3, -0.25) is 9.59 Å². The molecule has 0 saturated carbocycles. The van der Waals surface area contributed by atoms with Crippen molar-refractivity contribution in [3.8, 4) is 0 Å². The predicted octanol–water partition coefficient (Wildman–Crippen LogP) is 7.62. The summed E-state index contributed by atoms with van der Waals surface area (Å²) in [6, 6.07) is 0. The van der Waals surface area contributed by atoms with Gasteiger partial charge in [0.2, 0.25) is 0 Å². The topological polar surface area (TPSA) is 74.6 Å². The molecule has 1 rings (SSSR count). The van der Waals surface area contributed by atoms with Crippen LogP contribution in [0.25, 0.3) is 0 Å². The lowest BCUT2D eigenvalue weighted by Crippen LogP contribution is -2.53. The van der Waals surface area contributed by atoms with Crippen LogP contribution in [0.2, 0.25) is 0 Å². The number of aliphatic carboxylic acids is 2. The Hall–Kier alpha value is -1.32. The van der Waals surface area contributed by atoms with Gasteiger partial charge in [-0.15, -0.1) is 0 Å². The zero-order valence-electron chi connectivity index (χ0n) is 19.8.